The molecule has 0 heterocycles. The molecule has 0 aromatic rings. The normalized spacial score (nSPS) is 19.1. The van der Waals surface area contributed by atoms with E-state index in [1.54, 1.807) is 4.90 Å². The van der Waals surface area contributed by atoms with Gasteiger partial charge in [0.25, 0.3) is 5.91 Å². The van der Waals surface area contributed by atoms with Gasteiger partial charge >= 0.3 is 5.97 Å². The quantitative estimate of drug-likeness (QED) is 0.631. The topological polar surface area (TPSA) is 99.5 Å². The van der Waals surface area contributed by atoms with Crippen molar-refractivity contribution in [2.45, 2.75) is 69.4 Å². The first-order valence-electron chi connectivity index (χ1n) is 9.67. The minimum atomic E-state index is -0.811. The molecule has 1 N–H and O–H groups in total. The summed E-state index contributed by atoms with van der Waals surface area (Å²) in [5.41, 5.74) is -0.811. The highest BCUT2D eigenvalue weighted by Crippen LogP contribution is 2.28. The van der Waals surface area contributed by atoms with Crippen molar-refractivity contribution >= 4 is 29.5 Å². The number of amides is 2. The molecule has 27 heavy (non-hydrogen) atoms. The van der Waals surface area contributed by atoms with E-state index in [0.717, 1.165) is 38.5 Å². The predicted octanol–water partition coefficient (Wildman–Crippen LogP) is 2.01. The Morgan fingerprint density at radius 2 is 1.81 bits per heavy atom. The van der Waals surface area contributed by atoms with Crippen molar-refractivity contribution < 1.29 is 19.1 Å². The number of nitrogens with one attached hydrogen (secondary N) is 1. The third-order valence-electron chi connectivity index (χ3n) is 5.38. The fraction of sp³-hybridized carbons (Fsp3) is 0.789. The van der Waals surface area contributed by atoms with E-state index in [1.165, 1.54) is 18.2 Å². The van der Waals surface area contributed by atoms with Crippen LogP contribution in [-0.2, 0) is 19.1 Å². The van der Waals surface area contributed by atoms with Gasteiger partial charge in [-0.15, -0.1) is 11.8 Å². The number of carbonyl (C=O) groups excluding carboxylic acids is 3. The molecule has 0 atom stereocenters. The number of rotatable bonds is 8. The highest BCUT2D eigenvalue weighted by Gasteiger charge is 2.35. The number of esters is 1. The van der Waals surface area contributed by atoms with Crippen molar-refractivity contribution in [3.05, 3.63) is 0 Å². The zero-order valence-electron chi connectivity index (χ0n) is 16.0. The second-order valence-electron chi connectivity index (χ2n) is 7.40. The molecule has 0 aromatic carbocycles. The Morgan fingerprint density at radius 1 is 1.15 bits per heavy atom. The van der Waals surface area contributed by atoms with Gasteiger partial charge in [-0.3, -0.25) is 14.4 Å². The Morgan fingerprint density at radius 3 is 2.44 bits per heavy atom. The first-order chi connectivity index (χ1) is 13.0. The molecule has 2 saturated carbocycles. The van der Waals surface area contributed by atoms with Crippen molar-refractivity contribution in [2.75, 3.05) is 25.2 Å². The number of hydrogen-bond donors (Lipinski definition) is 1. The number of carbonyl (C=O) groups is 3. The zero-order chi connectivity index (χ0) is 19.7. The molecule has 0 aliphatic heterocycles. The van der Waals surface area contributed by atoms with Crippen molar-refractivity contribution in [2.24, 2.45) is 0 Å². The average molecular weight is 396 g/mol. The van der Waals surface area contributed by atoms with Crippen LogP contribution in [0.2, 0.25) is 0 Å². The van der Waals surface area contributed by atoms with Gasteiger partial charge in [0, 0.05) is 13.1 Å². The predicted molar refractivity (Wildman–Crippen MR) is 103 cm³/mol. The van der Waals surface area contributed by atoms with Gasteiger partial charge in [0.05, 0.1) is 17.6 Å². The molecule has 2 fully saturated rings. The number of nitrogens with zero attached hydrogens (tertiary/aromatic N) is 2. The second kappa shape index (κ2) is 10.5. The van der Waals surface area contributed by atoms with Gasteiger partial charge in [-0.1, -0.05) is 19.3 Å². The molecule has 0 aromatic heterocycles. The van der Waals surface area contributed by atoms with E-state index in [1.807, 2.05) is 7.05 Å². The first kappa shape index (κ1) is 21.5. The molecular formula is C19H29N3O4S. The number of hydrogen-bond acceptors (Lipinski definition) is 6. The zero-order valence-corrected chi connectivity index (χ0v) is 16.8. The lowest BCUT2D eigenvalue weighted by molar-refractivity contribution is -0.146. The molecule has 2 aliphatic rings. The maximum absolute atomic E-state index is 12.2. The molecule has 0 bridgehead atoms. The average Bonchev–Trinajstić information content (AvgIpc) is 3.15. The number of ether oxygens (including phenoxy) is 1. The fourth-order valence-electron chi connectivity index (χ4n) is 3.73. The molecule has 0 radical (unpaired) electrons. The summed E-state index contributed by atoms with van der Waals surface area (Å²) in [6.07, 6.45) is 8.75. The van der Waals surface area contributed by atoms with Crippen LogP contribution in [0.25, 0.3) is 0 Å². The van der Waals surface area contributed by atoms with Gasteiger partial charge in [0.1, 0.15) is 5.54 Å². The highest BCUT2D eigenvalue weighted by molar-refractivity contribution is 8.00. The Labute approximate surface area is 165 Å². The van der Waals surface area contributed by atoms with Gasteiger partial charge in [-0.2, -0.15) is 5.26 Å². The van der Waals surface area contributed by atoms with Gasteiger partial charge in [0.2, 0.25) is 5.91 Å². The van der Waals surface area contributed by atoms with E-state index in [0.29, 0.717) is 18.9 Å². The lowest BCUT2D eigenvalue weighted by Crippen LogP contribution is -2.46. The van der Waals surface area contributed by atoms with Crippen LogP contribution in [0.15, 0.2) is 0 Å². The maximum atomic E-state index is 12.2. The molecular weight excluding hydrogens is 366 g/mol. The van der Waals surface area contributed by atoms with Crippen LogP contribution < -0.4 is 5.32 Å². The lowest BCUT2D eigenvalue weighted by atomic mass is 9.94. The van der Waals surface area contributed by atoms with Crippen LogP contribution in [0.1, 0.15) is 57.8 Å². The first-order valence-corrected chi connectivity index (χ1v) is 10.8. The summed E-state index contributed by atoms with van der Waals surface area (Å²) < 4.78 is 4.96. The minimum absolute atomic E-state index is 0.0228. The smallest absolute Gasteiger partial charge is 0.316 e. The molecule has 0 spiro atoms. The van der Waals surface area contributed by atoms with Crippen molar-refractivity contribution in [3.8, 4) is 6.07 Å². The van der Waals surface area contributed by atoms with Crippen LogP contribution in [0, 0.1) is 11.3 Å². The van der Waals surface area contributed by atoms with E-state index in [9.17, 15) is 19.6 Å². The SMILES string of the molecule is CN(C(=O)CSCC(=O)OCC(=O)NC1(C#N)CCCC1)C1CCCCC1. The number of thioether (sulfide) groups is 1. The summed E-state index contributed by atoms with van der Waals surface area (Å²) in [5.74, 6) is -0.701. The monoisotopic (exact) mass is 395 g/mol. The fourth-order valence-corrected chi connectivity index (χ4v) is 4.46. The summed E-state index contributed by atoms with van der Waals surface area (Å²) in [4.78, 5) is 37.7. The largest absolute Gasteiger partial charge is 0.455 e. The minimum Gasteiger partial charge on any atom is -0.455 e. The highest BCUT2D eigenvalue weighted by atomic mass is 32.2. The standard InChI is InChI=1S/C19H29N3O4S/c1-22(15-7-3-2-4-8-15)17(24)12-27-13-18(25)26-11-16(23)21-19(14-20)9-5-6-10-19/h15H,2-13H2,1H3,(H,21,23). The van der Waals surface area contributed by atoms with E-state index in [4.69, 9.17) is 4.74 Å². The molecule has 0 saturated heterocycles. The maximum Gasteiger partial charge on any atom is 0.316 e. The Bertz CT molecular complexity index is 578. The van der Waals surface area contributed by atoms with Gasteiger partial charge in [-0.05, 0) is 38.5 Å². The summed E-state index contributed by atoms with van der Waals surface area (Å²) >= 11 is 1.20. The lowest BCUT2D eigenvalue weighted by Gasteiger charge is -2.31. The van der Waals surface area contributed by atoms with E-state index in [-0.39, 0.29) is 17.4 Å². The van der Waals surface area contributed by atoms with Gasteiger partial charge in [0.15, 0.2) is 6.61 Å². The molecule has 2 rings (SSSR count). The molecule has 2 aliphatic carbocycles. The summed E-state index contributed by atoms with van der Waals surface area (Å²) in [6, 6.07) is 2.47. The Balaban J connectivity index is 1.61. The summed E-state index contributed by atoms with van der Waals surface area (Å²) in [5, 5.41) is 11.9. The summed E-state index contributed by atoms with van der Waals surface area (Å²) in [7, 11) is 1.83. The van der Waals surface area contributed by atoms with Crippen LogP contribution in [0.4, 0.5) is 0 Å². The van der Waals surface area contributed by atoms with Crippen LogP contribution in [0.5, 0.6) is 0 Å². The van der Waals surface area contributed by atoms with Crippen molar-refractivity contribution in [1.29, 1.82) is 5.26 Å². The van der Waals surface area contributed by atoms with E-state index < -0.39 is 24.0 Å². The van der Waals surface area contributed by atoms with E-state index in [2.05, 4.69) is 11.4 Å². The number of nitriles is 1. The third kappa shape index (κ3) is 6.73. The Hall–Kier alpha value is -1.75. The second-order valence-corrected chi connectivity index (χ2v) is 8.38. The summed E-state index contributed by atoms with van der Waals surface area (Å²) in [6.45, 7) is -0.390. The van der Waals surface area contributed by atoms with E-state index >= 15 is 0 Å². The van der Waals surface area contributed by atoms with Crippen molar-refractivity contribution in [3.63, 3.8) is 0 Å². The molecule has 0 unspecified atom stereocenters. The van der Waals surface area contributed by atoms with Crippen LogP contribution in [0.3, 0.4) is 0 Å². The molecule has 7 nitrogen and oxygen atoms in total. The van der Waals surface area contributed by atoms with Crippen LogP contribution >= 0.6 is 11.8 Å². The molecule has 8 heteroatoms. The van der Waals surface area contributed by atoms with Gasteiger partial charge in [-0.25, -0.2) is 0 Å². The van der Waals surface area contributed by atoms with Crippen molar-refractivity contribution in [1.82, 2.24) is 10.2 Å². The Kier molecular flexibility index (Phi) is 8.42. The van der Waals surface area contributed by atoms with Gasteiger partial charge < -0.3 is 15.0 Å². The molecule has 2 amide bonds. The third-order valence-corrected chi connectivity index (χ3v) is 6.27. The van der Waals surface area contributed by atoms with Crippen LogP contribution in [-0.4, -0.2) is 59.4 Å². The molecule has 150 valence electrons.